The molecule has 0 aliphatic heterocycles. The molecule has 98 valence electrons. The Morgan fingerprint density at radius 2 is 1.89 bits per heavy atom. The average molecular weight is 244 g/mol. The van der Waals surface area contributed by atoms with Crippen LogP contribution in [0.5, 0.6) is 0 Å². The van der Waals surface area contributed by atoms with E-state index in [1.165, 1.54) is 24.1 Å². The summed E-state index contributed by atoms with van der Waals surface area (Å²) in [6.07, 6.45) is 3.64. The van der Waals surface area contributed by atoms with E-state index in [-0.39, 0.29) is 0 Å². The Kier molecular flexibility index (Phi) is 2.48. The summed E-state index contributed by atoms with van der Waals surface area (Å²) in [5, 5.41) is 3.54. The molecule has 0 radical (unpaired) electrons. The number of hydrogen-bond acceptors (Lipinski definition) is 2. The minimum absolute atomic E-state index is 0.455. The Labute approximate surface area is 110 Å². The molecule has 0 unspecified atom stereocenters. The molecular weight excluding hydrogens is 220 g/mol. The van der Waals surface area contributed by atoms with E-state index < -0.39 is 0 Å². The lowest BCUT2D eigenvalue weighted by molar-refractivity contribution is 0.457. The predicted octanol–water partition coefficient (Wildman–Crippen LogP) is 3.66. The van der Waals surface area contributed by atoms with Crippen LogP contribution in [0, 0.1) is 16.7 Å². The largest absolute Gasteiger partial charge is 0.370 e. The number of aromatic nitrogens is 1. The number of rotatable bonds is 3. The summed E-state index contributed by atoms with van der Waals surface area (Å²) in [5.74, 6) is 1.81. The van der Waals surface area contributed by atoms with Crippen molar-refractivity contribution >= 4 is 5.82 Å². The third kappa shape index (κ3) is 1.65. The molecule has 18 heavy (non-hydrogen) atoms. The molecule has 0 bridgehead atoms. The lowest BCUT2D eigenvalue weighted by Gasteiger charge is -2.08. The Hall–Kier alpha value is -1.05. The highest BCUT2D eigenvalue weighted by molar-refractivity contribution is 5.41. The molecule has 2 heteroatoms. The van der Waals surface area contributed by atoms with E-state index in [1.807, 2.05) is 0 Å². The van der Waals surface area contributed by atoms with Crippen molar-refractivity contribution in [3.63, 3.8) is 0 Å². The van der Waals surface area contributed by atoms with Crippen molar-refractivity contribution in [2.24, 2.45) is 16.7 Å². The minimum atomic E-state index is 0.455. The third-order valence-electron chi connectivity index (χ3n) is 5.74. The van der Waals surface area contributed by atoms with Gasteiger partial charge in [-0.05, 0) is 47.6 Å². The first-order valence-corrected chi connectivity index (χ1v) is 7.15. The van der Waals surface area contributed by atoms with Gasteiger partial charge >= 0.3 is 0 Å². The van der Waals surface area contributed by atoms with Crippen LogP contribution in [0.3, 0.4) is 0 Å². The number of hydrogen-bond donors (Lipinski definition) is 1. The molecule has 2 aliphatic carbocycles. The highest BCUT2D eigenvalue weighted by Gasteiger charge is 2.64. The minimum Gasteiger partial charge on any atom is -0.370 e. The maximum atomic E-state index is 4.74. The quantitative estimate of drug-likeness (QED) is 0.877. The lowest BCUT2D eigenvalue weighted by Crippen LogP contribution is -2.09. The topological polar surface area (TPSA) is 24.9 Å². The van der Waals surface area contributed by atoms with Crippen LogP contribution >= 0.6 is 0 Å². The number of anilines is 1. The fourth-order valence-electron chi connectivity index (χ4n) is 3.57. The summed E-state index contributed by atoms with van der Waals surface area (Å²) in [4.78, 5) is 4.74. The number of pyridine rings is 1. The number of nitrogens with zero attached hydrogens (tertiary/aromatic N) is 1. The standard InChI is InChI=1S/C16H24N2/c1-15(2)13(16(15,3)4)10-17-14-9-8-11-6-5-7-12(11)18-14/h8-9,13H,5-7,10H2,1-4H3,(H,17,18). The van der Waals surface area contributed by atoms with Gasteiger partial charge in [0.05, 0.1) is 0 Å². The monoisotopic (exact) mass is 244 g/mol. The van der Waals surface area contributed by atoms with Gasteiger partial charge < -0.3 is 5.32 Å². The summed E-state index contributed by atoms with van der Waals surface area (Å²) >= 11 is 0. The van der Waals surface area contributed by atoms with Crippen LogP contribution < -0.4 is 5.32 Å². The van der Waals surface area contributed by atoms with Gasteiger partial charge in [-0.1, -0.05) is 33.8 Å². The van der Waals surface area contributed by atoms with Crippen LogP contribution in [0.4, 0.5) is 5.82 Å². The first kappa shape index (κ1) is 12.0. The molecule has 1 N–H and O–H groups in total. The van der Waals surface area contributed by atoms with Gasteiger partial charge in [0, 0.05) is 12.2 Å². The van der Waals surface area contributed by atoms with Crippen molar-refractivity contribution in [2.75, 3.05) is 11.9 Å². The first-order valence-electron chi connectivity index (χ1n) is 7.15. The first-order chi connectivity index (χ1) is 8.43. The highest BCUT2D eigenvalue weighted by Crippen LogP contribution is 2.68. The van der Waals surface area contributed by atoms with E-state index in [0.717, 1.165) is 24.7 Å². The van der Waals surface area contributed by atoms with Crippen molar-refractivity contribution in [3.05, 3.63) is 23.4 Å². The van der Waals surface area contributed by atoms with Crippen molar-refractivity contribution < 1.29 is 0 Å². The van der Waals surface area contributed by atoms with E-state index in [0.29, 0.717) is 10.8 Å². The molecule has 2 aliphatic rings. The average Bonchev–Trinajstić information content (AvgIpc) is 2.70. The Morgan fingerprint density at radius 1 is 1.17 bits per heavy atom. The van der Waals surface area contributed by atoms with Gasteiger partial charge in [0.15, 0.2) is 0 Å². The van der Waals surface area contributed by atoms with Gasteiger partial charge in [0.2, 0.25) is 0 Å². The molecule has 1 saturated carbocycles. The Bertz CT molecular complexity index is 460. The molecule has 0 spiro atoms. The summed E-state index contributed by atoms with van der Waals surface area (Å²) < 4.78 is 0. The fraction of sp³-hybridized carbons (Fsp3) is 0.688. The van der Waals surface area contributed by atoms with E-state index in [1.54, 1.807) is 0 Å². The van der Waals surface area contributed by atoms with E-state index in [4.69, 9.17) is 4.98 Å². The zero-order valence-corrected chi connectivity index (χ0v) is 12.0. The Balaban J connectivity index is 1.65. The Morgan fingerprint density at radius 3 is 2.56 bits per heavy atom. The molecule has 0 atom stereocenters. The van der Waals surface area contributed by atoms with Crippen molar-refractivity contribution in [1.82, 2.24) is 4.98 Å². The summed E-state index contributed by atoms with van der Waals surface area (Å²) in [5.41, 5.74) is 3.68. The zero-order valence-electron chi connectivity index (χ0n) is 12.0. The molecule has 1 fully saturated rings. The number of aryl methyl sites for hydroxylation is 2. The van der Waals surface area contributed by atoms with E-state index >= 15 is 0 Å². The molecule has 0 saturated heterocycles. The lowest BCUT2D eigenvalue weighted by atomic mass is 10.0. The maximum absolute atomic E-state index is 4.74. The van der Waals surface area contributed by atoms with E-state index in [9.17, 15) is 0 Å². The molecule has 0 amide bonds. The second-order valence-corrected chi connectivity index (χ2v) is 7.03. The van der Waals surface area contributed by atoms with Crippen LogP contribution in [-0.2, 0) is 12.8 Å². The van der Waals surface area contributed by atoms with Gasteiger partial charge in [-0.2, -0.15) is 0 Å². The SMILES string of the molecule is CC1(C)C(CNc2ccc3c(n2)CCC3)C1(C)C. The molecule has 0 aromatic carbocycles. The maximum Gasteiger partial charge on any atom is 0.126 e. The summed E-state index contributed by atoms with van der Waals surface area (Å²) in [7, 11) is 0. The van der Waals surface area contributed by atoms with Gasteiger partial charge in [-0.3, -0.25) is 0 Å². The van der Waals surface area contributed by atoms with Crippen molar-refractivity contribution in [3.8, 4) is 0 Å². The van der Waals surface area contributed by atoms with Gasteiger partial charge in [-0.15, -0.1) is 0 Å². The molecule has 1 aromatic heterocycles. The van der Waals surface area contributed by atoms with Crippen LogP contribution in [0.1, 0.15) is 45.4 Å². The molecule has 1 aromatic rings. The molecular formula is C16H24N2. The zero-order chi connectivity index (χ0) is 13.0. The second kappa shape index (κ2) is 3.72. The molecule has 1 heterocycles. The number of fused-ring (bicyclic) bond motifs is 1. The third-order valence-corrected chi connectivity index (χ3v) is 5.74. The van der Waals surface area contributed by atoms with Crippen LogP contribution in [-0.4, -0.2) is 11.5 Å². The number of nitrogens with one attached hydrogen (secondary N) is 1. The van der Waals surface area contributed by atoms with Crippen LogP contribution in [0.15, 0.2) is 12.1 Å². The smallest absolute Gasteiger partial charge is 0.126 e. The molecule has 2 nitrogen and oxygen atoms in total. The van der Waals surface area contributed by atoms with Crippen LogP contribution in [0.25, 0.3) is 0 Å². The van der Waals surface area contributed by atoms with Crippen LogP contribution in [0.2, 0.25) is 0 Å². The van der Waals surface area contributed by atoms with Crippen molar-refractivity contribution in [1.29, 1.82) is 0 Å². The van der Waals surface area contributed by atoms with Gasteiger partial charge in [0.1, 0.15) is 5.82 Å². The van der Waals surface area contributed by atoms with Crippen molar-refractivity contribution in [2.45, 2.75) is 47.0 Å². The van der Waals surface area contributed by atoms with E-state index in [2.05, 4.69) is 45.1 Å². The normalized spacial score (nSPS) is 23.8. The molecule has 3 rings (SSSR count). The fourth-order valence-corrected chi connectivity index (χ4v) is 3.57. The summed E-state index contributed by atoms with van der Waals surface area (Å²) in [6, 6.07) is 4.40. The van der Waals surface area contributed by atoms with Gasteiger partial charge in [-0.25, -0.2) is 4.98 Å². The highest BCUT2D eigenvalue weighted by atomic mass is 15.0. The predicted molar refractivity (Wildman–Crippen MR) is 75.8 cm³/mol. The van der Waals surface area contributed by atoms with Gasteiger partial charge in [0.25, 0.3) is 0 Å². The summed E-state index contributed by atoms with van der Waals surface area (Å²) in [6.45, 7) is 10.5. The second-order valence-electron chi connectivity index (χ2n) is 7.03.